The number of aromatic nitrogens is 2. The van der Waals surface area contributed by atoms with Gasteiger partial charge in [-0.3, -0.25) is 14.9 Å². The fourth-order valence-corrected chi connectivity index (χ4v) is 5.91. The first-order valence-electron chi connectivity index (χ1n) is 9.43. The van der Waals surface area contributed by atoms with E-state index in [1.807, 2.05) is 60.7 Å². The molecule has 31 heavy (non-hydrogen) atoms. The van der Waals surface area contributed by atoms with Gasteiger partial charge in [0.2, 0.25) is 0 Å². The summed E-state index contributed by atoms with van der Waals surface area (Å²) >= 11 is 4.19. The number of fused-ring (bicyclic) bond motifs is 1. The zero-order chi connectivity index (χ0) is 21.4. The number of amides is 1. The van der Waals surface area contributed by atoms with Gasteiger partial charge in [-0.2, -0.15) is 0 Å². The summed E-state index contributed by atoms with van der Waals surface area (Å²) in [4.78, 5) is 36.1. The van der Waals surface area contributed by atoms with E-state index in [0.29, 0.717) is 20.6 Å². The van der Waals surface area contributed by atoms with E-state index >= 15 is 0 Å². The molecule has 0 saturated carbocycles. The molecule has 0 aliphatic heterocycles. The third kappa shape index (κ3) is 3.93. The van der Waals surface area contributed by atoms with Crippen LogP contribution in [0.25, 0.3) is 31.4 Å². The molecule has 5 aromatic rings. The number of rotatable bonds is 5. The SMILES string of the molecule is CC(=O)c1sc(NC(=O)c2ccc(-c3nc4ccccc4s3)s2)nc1-c1ccccc1. The summed E-state index contributed by atoms with van der Waals surface area (Å²) in [6, 6.07) is 21.2. The second kappa shape index (κ2) is 8.14. The minimum atomic E-state index is -0.249. The standard InChI is InChI=1S/C23H15N3O2S3/c1-13(27)20-19(14-7-3-2-4-8-14)25-23(31-20)26-21(28)17-11-12-18(29-17)22-24-15-9-5-6-10-16(15)30-22/h2-12H,1H3,(H,25,26,28). The highest BCUT2D eigenvalue weighted by molar-refractivity contribution is 7.26. The topological polar surface area (TPSA) is 72.0 Å². The number of anilines is 1. The van der Waals surface area contributed by atoms with Crippen LogP contribution in [0, 0.1) is 0 Å². The van der Waals surface area contributed by atoms with Crippen molar-refractivity contribution in [2.24, 2.45) is 0 Å². The lowest BCUT2D eigenvalue weighted by Gasteiger charge is -1.99. The molecule has 0 atom stereocenters. The number of hydrogen-bond acceptors (Lipinski definition) is 7. The summed E-state index contributed by atoms with van der Waals surface area (Å²) in [5, 5.41) is 4.14. The van der Waals surface area contributed by atoms with E-state index in [1.54, 1.807) is 17.4 Å². The predicted molar refractivity (Wildman–Crippen MR) is 128 cm³/mol. The van der Waals surface area contributed by atoms with Crippen molar-refractivity contribution in [2.75, 3.05) is 5.32 Å². The normalized spacial score (nSPS) is 11.0. The number of nitrogens with zero attached hydrogens (tertiary/aromatic N) is 2. The van der Waals surface area contributed by atoms with Gasteiger partial charge in [-0.25, -0.2) is 9.97 Å². The zero-order valence-corrected chi connectivity index (χ0v) is 18.7. The number of Topliss-reactive ketones (excluding diaryl/α,β-unsaturated/α-hetero) is 1. The maximum atomic E-state index is 12.8. The minimum absolute atomic E-state index is 0.0777. The quantitative estimate of drug-likeness (QED) is 0.299. The maximum Gasteiger partial charge on any atom is 0.267 e. The molecule has 0 radical (unpaired) electrons. The molecule has 0 saturated heterocycles. The number of thiazole rings is 2. The largest absolute Gasteiger partial charge is 0.297 e. The molecule has 0 fully saturated rings. The summed E-state index contributed by atoms with van der Waals surface area (Å²) in [7, 11) is 0. The third-order valence-corrected chi connectivity index (χ3v) is 7.91. The number of para-hydroxylation sites is 1. The van der Waals surface area contributed by atoms with Gasteiger partial charge >= 0.3 is 0 Å². The van der Waals surface area contributed by atoms with E-state index in [4.69, 9.17) is 0 Å². The molecule has 3 aromatic heterocycles. The Kier molecular flexibility index (Phi) is 5.19. The molecule has 8 heteroatoms. The molecule has 3 heterocycles. The molecule has 0 aliphatic rings. The van der Waals surface area contributed by atoms with E-state index in [1.165, 1.54) is 29.6 Å². The average Bonchev–Trinajstić information content (AvgIpc) is 3.51. The highest BCUT2D eigenvalue weighted by atomic mass is 32.1. The molecule has 0 spiro atoms. The van der Waals surface area contributed by atoms with Crippen LogP contribution in [0.1, 0.15) is 26.3 Å². The number of ketones is 1. The van der Waals surface area contributed by atoms with Gasteiger partial charge in [-0.1, -0.05) is 53.8 Å². The van der Waals surface area contributed by atoms with Crippen molar-refractivity contribution in [3.8, 4) is 21.1 Å². The molecule has 2 aromatic carbocycles. The molecular formula is C23H15N3O2S3. The van der Waals surface area contributed by atoms with Crippen LogP contribution in [0.4, 0.5) is 5.13 Å². The molecule has 1 amide bonds. The van der Waals surface area contributed by atoms with Crippen LogP contribution < -0.4 is 5.32 Å². The van der Waals surface area contributed by atoms with E-state index in [9.17, 15) is 9.59 Å². The number of carbonyl (C=O) groups is 2. The number of nitrogens with one attached hydrogen (secondary N) is 1. The van der Waals surface area contributed by atoms with Crippen LogP contribution in [0.15, 0.2) is 66.7 Å². The lowest BCUT2D eigenvalue weighted by molar-refractivity contribution is 0.101. The molecule has 1 N–H and O–H groups in total. The second-order valence-electron chi connectivity index (χ2n) is 6.72. The lowest BCUT2D eigenvalue weighted by Crippen LogP contribution is -2.09. The Bertz CT molecular complexity index is 1380. The fourth-order valence-electron chi connectivity index (χ4n) is 3.12. The number of carbonyl (C=O) groups excluding carboxylic acids is 2. The second-order valence-corrected chi connectivity index (χ2v) is 9.84. The predicted octanol–water partition coefficient (Wildman–Crippen LogP) is 6.60. The first kappa shape index (κ1) is 19.7. The van der Waals surface area contributed by atoms with Crippen LogP contribution in [0.2, 0.25) is 0 Å². The number of benzene rings is 2. The van der Waals surface area contributed by atoms with Gasteiger partial charge in [-0.15, -0.1) is 22.7 Å². The molecule has 0 aliphatic carbocycles. The summed E-state index contributed by atoms with van der Waals surface area (Å²) in [6.45, 7) is 1.51. The average molecular weight is 462 g/mol. The third-order valence-electron chi connectivity index (χ3n) is 4.55. The molecule has 5 rings (SSSR count). The Morgan fingerprint density at radius 3 is 2.39 bits per heavy atom. The van der Waals surface area contributed by atoms with Gasteiger partial charge in [0.05, 0.1) is 30.5 Å². The van der Waals surface area contributed by atoms with Crippen LogP contribution >= 0.6 is 34.0 Å². The van der Waals surface area contributed by atoms with Crippen molar-refractivity contribution < 1.29 is 9.59 Å². The number of hydrogen-bond donors (Lipinski definition) is 1. The van der Waals surface area contributed by atoms with Gasteiger partial charge in [0, 0.05) is 12.5 Å². The first-order chi connectivity index (χ1) is 15.1. The van der Waals surface area contributed by atoms with Crippen molar-refractivity contribution in [3.63, 3.8) is 0 Å². The fraction of sp³-hybridized carbons (Fsp3) is 0.0435. The van der Waals surface area contributed by atoms with Gasteiger partial charge in [-0.05, 0) is 24.3 Å². The van der Waals surface area contributed by atoms with Gasteiger partial charge in [0.15, 0.2) is 10.9 Å². The van der Waals surface area contributed by atoms with E-state index in [2.05, 4.69) is 15.3 Å². The molecule has 0 unspecified atom stereocenters. The van der Waals surface area contributed by atoms with Gasteiger partial charge in [0.1, 0.15) is 5.01 Å². The van der Waals surface area contributed by atoms with Crippen molar-refractivity contribution in [2.45, 2.75) is 6.92 Å². The lowest BCUT2D eigenvalue weighted by atomic mass is 10.1. The Morgan fingerprint density at radius 2 is 1.61 bits per heavy atom. The minimum Gasteiger partial charge on any atom is -0.297 e. The summed E-state index contributed by atoms with van der Waals surface area (Å²) in [5.74, 6) is -0.327. The Balaban J connectivity index is 1.40. The van der Waals surface area contributed by atoms with Crippen LogP contribution in [-0.2, 0) is 0 Å². The van der Waals surface area contributed by atoms with Crippen molar-refractivity contribution in [1.29, 1.82) is 0 Å². The Hall–Kier alpha value is -3.20. The molecule has 0 bridgehead atoms. The van der Waals surface area contributed by atoms with E-state index < -0.39 is 0 Å². The van der Waals surface area contributed by atoms with Crippen LogP contribution in [0.5, 0.6) is 0 Å². The Morgan fingerprint density at radius 1 is 0.839 bits per heavy atom. The smallest absolute Gasteiger partial charge is 0.267 e. The van der Waals surface area contributed by atoms with E-state index in [0.717, 1.165) is 25.7 Å². The highest BCUT2D eigenvalue weighted by Gasteiger charge is 2.19. The van der Waals surface area contributed by atoms with E-state index in [-0.39, 0.29) is 11.7 Å². The molecule has 5 nitrogen and oxygen atoms in total. The zero-order valence-electron chi connectivity index (χ0n) is 16.3. The van der Waals surface area contributed by atoms with Crippen molar-refractivity contribution in [3.05, 3.63) is 76.5 Å². The number of thiophene rings is 1. The highest BCUT2D eigenvalue weighted by Crippen LogP contribution is 2.35. The summed E-state index contributed by atoms with van der Waals surface area (Å²) in [5.41, 5.74) is 2.39. The monoisotopic (exact) mass is 461 g/mol. The summed E-state index contributed by atoms with van der Waals surface area (Å²) in [6.07, 6.45) is 0. The maximum absolute atomic E-state index is 12.8. The molecular weight excluding hydrogens is 446 g/mol. The van der Waals surface area contributed by atoms with Gasteiger partial charge in [0.25, 0.3) is 5.91 Å². The van der Waals surface area contributed by atoms with Gasteiger partial charge < -0.3 is 0 Å². The Labute approximate surface area is 190 Å². The van der Waals surface area contributed by atoms with Crippen molar-refractivity contribution in [1.82, 2.24) is 9.97 Å². The van der Waals surface area contributed by atoms with Crippen molar-refractivity contribution >= 4 is 61.0 Å². The molecule has 152 valence electrons. The first-order valence-corrected chi connectivity index (χ1v) is 11.9. The van der Waals surface area contributed by atoms with Crippen LogP contribution in [-0.4, -0.2) is 21.7 Å². The summed E-state index contributed by atoms with van der Waals surface area (Å²) < 4.78 is 1.12. The van der Waals surface area contributed by atoms with Crippen LogP contribution in [0.3, 0.4) is 0 Å².